The molecule has 0 aromatic heterocycles. The predicted molar refractivity (Wildman–Crippen MR) is 78.9 cm³/mol. The summed E-state index contributed by atoms with van der Waals surface area (Å²) in [5.74, 6) is 0.400. The van der Waals surface area contributed by atoms with E-state index in [2.05, 4.69) is 17.8 Å². The van der Waals surface area contributed by atoms with Gasteiger partial charge in [0.2, 0.25) is 5.91 Å². The predicted octanol–water partition coefficient (Wildman–Crippen LogP) is 1.80. The van der Waals surface area contributed by atoms with Crippen LogP contribution in [0.25, 0.3) is 0 Å². The molecule has 0 aliphatic carbocycles. The number of unbranched alkanes of at least 4 members (excludes halogenated alkanes) is 2. The maximum Gasteiger partial charge on any atom is 0.276 e. The van der Waals surface area contributed by atoms with Crippen LogP contribution in [0.5, 0.6) is 11.5 Å². The summed E-state index contributed by atoms with van der Waals surface area (Å²) in [7, 11) is 1.53. The van der Waals surface area contributed by atoms with Crippen LogP contribution in [0.15, 0.2) is 24.3 Å². The summed E-state index contributed by atoms with van der Waals surface area (Å²) in [5, 5.41) is 0. The molecule has 0 aliphatic rings. The van der Waals surface area contributed by atoms with Crippen LogP contribution in [0, 0.1) is 0 Å². The summed E-state index contributed by atoms with van der Waals surface area (Å²) in [6.45, 7) is 1.87. The molecule has 1 aromatic rings. The van der Waals surface area contributed by atoms with Gasteiger partial charge in [-0.15, -0.1) is 0 Å². The van der Waals surface area contributed by atoms with Crippen LogP contribution in [-0.4, -0.2) is 25.5 Å². The number of hydrogen-bond acceptors (Lipinski definition) is 4. The normalized spacial score (nSPS) is 9.81. The second-order valence-corrected chi connectivity index (χ2v) is 4.49. The Kier molecular flexibility index (Phi) is 7.71. The molecule has 0 saturated heterocycles. The van der Waals surface area contributed by atoms with Gasteiger partial charge in [-0.05, 0) is 18.6 Å². The zero-order valence-electron chi connectivity index (χ0n) is 12.5. The van der Waals surface area contributed by atoms with E-state index in [1.165, 1.54) is 7.11 Å². The largest absolute Gasteiger partial charge is 0.493 e. The highest BCUT2D eigenvalue weighted by molar-refractivity contribution is 5.82. The third kappa shape index (κ3) is 6.65. The molecule has 0 heterocycles. The minimum atomic E-state index is -0.426. The molecule has 116 valence electrons. The first-order valence-corrected chi connectivity index (χ1v) is 7.00. The average Bonchev–Trinajstić information content (AvgIpc) is 2.51. The molecule has 0 atom stereocenters. The summed E-state index contributed by atoms with van der Waals surface area (Å²) in [5.41, 5.74) is 4.67. The molecule has 0 bridgehead atoms. The zero-order chi connectivity index (χ0) is 15.5. The van der Waals surface area contributed by atoms with E-state index >= 15 is 0 Å². The first kappa shape index (κ1) is 16.8. The summed E-state index contributed by atoms with van der Waals surface area (Å²) in [4.78, 5) is 23.0. The van der Waals surface area contributed by atoms with E-state index in [0.717, 1.165) is 19.3 Å². The minimum absolute atomic E-state index is 0.199. The molecule has 0 saturated carbocycles. The van der Waals surface area contributed by atoms with E-state index in [1.54, 1.807) is 18.2 Å². The fraction of sp³-hybridized carbons (Fsp3) is 0.467. The van der Waals surface area contributed by atoms with Crippen LogP contribution in [0.4, 0.5) is 0 Å². The fourth-order valence-electron chi connectivity index (χ4n) is 1.65. The number of hydrazine groups is 1. The van der Waals surface area contributed by atoms with Gasteiger partial charge in [-0.1, -0.05) is 31.9 Å². The van der Waals surface area contributed by atoms with Crippen molar-refractivity contribution >= 4 is 11.8 Å². The van der Waals surface area contributed by atoms with E-state index in [4.69, 9.17) is 9.47 Å². The smallest absolute Gasteiger partial charge is 0.276 e. The number of methoxy groups -OCH3 is 1. The van der Waals surface area contributed by atoms with Crippen molar-refractivity contribution in [2.24, 2.45) is 0 Å². The molecule has 0 fully saturated rings. The summed E-state index contributed by atoms with van der Waals surface area (Å²) in [6.07, 6.45) is 3.27. The van der Waals surface area contributed by atoms with Gasteiger partial charge in [0.05, 0.1) is 7.11 Å². The highest BCUT2D eigenvalue weighted by atomic mass is 16.5. The van der Waals surface area contributed by atoms with Crippen LogP contribution in [-0.2, 0) is 9.59 Å². The van der Waals surface area contributed by atoms with Crippen LogP contribution < -0.4 is 20.3 Å². The highest BCUT2D eigenvalue weighted by Crippen LogP contribution is 2.25. The number of carbonyl (C=O) groups is 2. The molecule has 0 aliphatic heterocycles. The van der Waals surface area contributed by atoms with Gasteiger partial charge >= 0.3 is 0 Å². The van der Waals surface area contributed by atoms with Crippen LogP contribution in [0.3, 0.4) is 0 Å². The Balaban J connectivity index is 2.26. The molecule has 6 nitrogen and oxygen atoms in total. The Labute approximate surface area is 124 Å². The molecule has 0 radical (unpaired) electrons. The van der Waals surface area contributed by atoms with Gasteiger partial charge in [0.25, 0.3) is 5.91 Å². The highest BCUT2D eigenvalue weighted by Gasteiger charge is 2.07. The Bertz CT molecular complexity index is 463. The molecule has 21 heavy (non-hydrogen) atoms. The van der Waals surface area contributed by atoms with Crippen molar-refractivity contribution in [1.29, 1.82) is 0 Å². The van der Waals surface area contributed by atoms with Gasteiger partial charge in [-0.25, -0.2) is 0 Å². The van der Waals surface area contributed by atoms with Gasteiger partial charge in [0, 0.05) is 6.42 Å². The number of benzene rings is 1. The quantitative estimate of drug-likeness (QED) is 0.566. The van der Waals surface area contributed by atoms with E-state index in [-0.39, 0.29) is 12.5 Å². The van der Waals surface area contributed by atoms with Crippen molar-refractivity contribution < 1.29 is 19.1 Å². The summed E-state index contributed by atoms with van der Waals surface area (Å²) >= 11 is 0. The van der Waals surface area contributed by atoms with Gasteiger partial charge in [0.1, 0.15) is 0 Å². The van der Waals surface area contributed by atoms with Crippen molar-refractivity contribution in [2.75, 3.05) is 13.7 Å². The minimum Gasteiger partial charge on any atom is -0.493 e. The van der Waals surface area contributed by atoms with Crippen molar-refractivity contribution in [2.45, 2.75) is 32.6 Å². The number of para-hydroxylation sites is 2. The number of carbonyl (C=O) groups excluding carboxylic acids is 2. The lowest BCUT2D eigenvalue weighted by Gasteiger charge is -2.11. The Morgan fingerprint density at radius 2 is 1.71 bits per heavy atom. The standard InChI is InChI=1S/C15H22N2O4/c1-3-4-5-10-14(18)16-17-15(19)11-21-13-9-7-6-8-12(13)20-2/h6-9H,3-5,10-11H2,1-2H3,(H,16,18)(H,17,19). The van der Waals surface area contributed by atoms with Crippen LogP contribution in [0.2, 0.25) is 0 Å². The number of hydrogen-bond donors (Lipinski definition) is 2. The lowest BCUT2D eigenvalue weighted by atomic mass is 10.2. The topological polar surface area (TPSA) is 76.7 Å². The second kappa shape index (κ2) is 9.63. The molecule has 2 amide bonds. The van der Waals surface area contributed by atoms with Crippen molar-refractivity contribution in [3.63, 3.8) is 0 Å². The Hall–Kier alpha value is -2.24. The molecule has 2 N–H and O–H groups in total. The summed E-state index contributed by atoms with van der Waals surface area (Å²) in [6, 6.07) is 7.03. The maximum absolute atomic E-state index is 11.6. The third-order valence-electron chi connectivity index (χ3n) is 2.78. The second-order valence-electron chi connectivity index (χ2n) is 4.49. The van der Waals surface area contributed by atoms with E-state index in [1.807, 2.05) is 6.07 Å². The number of amides is 2. The first-order chi connectivity index (χ1) is 10.2. The molecule has 1 rings (SSSR count). The molecule has 1 aromatic carbocycles. The molecule has 0 spiro atoms. The van der Waals surface area contributed by atoms with E-state index in [9.17, 15) is 9.59 Å². The fourth-order valence-corrected chi connectivity index (χ4v) is 1.65. The van der Waals surface area contributed by atoms with Gasteiger partial charge in [0.15, 0.2) is 18.1 Å². The molecule has 0 unspecified atom stereocenters. The van der Waals surface area contributed by atoms with Crippen LogP contribution in [0.1, 0.15) is 32.6 Å². The molecular formula is C15H22N2O4. The monoisotopic (exact) mass is 294 g/mol. The summed E-state index contributed by atoms with van der Waals surface area (Å²) < 4.78 is 10.4. The number of ether oxygens (including phenoxy) is 2. The van der Waals surface area contributed by atoms with E-state index in [0.29, 0.717) is 17.9 Å². The number of rotatable bonds is 8. The molecular weight excluding hydrogens is 272 g/mol. The third-order valence-corrected chi connectivity index (χ3v) is 2.78. The average molecular weight is 294 g/mol. The maximum atomic E-state index is 11.6. The number of nitrogens with one attached hydrogen (secondary N) is 2. The SMILES string of the molecule is CCCCCC(=O)NNC(=O)COc1ccccc1OC. The lowest BCUT2D eigenvalue weighted by molar-refractivity contribution is -0.130. The molecule has 6 heteroatoms. The first-order valence-electron chi connectivity index (χ1n) is 7.00. The van der Waals surface area contributed by atoms with Gasteiger partial charge in [-0.2, -0.15) is 0 Å². The van der Waals surface area contributed by atoms with Crippen molar-refractivity contribution in [3.8, 4) is 11.5 Å². The lowest BCUT2D eigenvalue weighted by Crippen LogP contribution is -2.43. The van der Waals surface area contributed by atoms with E-state index < -0.39 is 5.91 Å². The Morgan fingerprint density at radius 1 is 1.05 bits per heavy atom. The zero-order valence-corrected chi connectivity index (χ0v) is 12.5. The van der Waals surface area contributed by atoms with Gasteiger partial charge < -0.3 is 9.47 Å². The van der Waals surface area contributed by atoms with Crippen molar-refractivity contribution in [3.05, 3.63) is 24.3 Å². The van der Waals surface area contributed by atoms with Crippen LogP contribution >= 0.6 is 0 Å². The Morgan fingerprint density at radius 3 is 2.38 bits per heavy atom. The van der Waals surface area contributed by atoms with Crippen molar-refractivity contribution in [1.82, 2.24) is 10.9 Å². The van der Waals surface area contributed by atoms with Gasteiger partial charge in [-0.3, -0.25) is 20.4 Å².